The van der Waals surface area contributed by atoms with Crippen LogP contribution >= 0.6 is 0 Å². The second-order valence-corrected chi connectivity index (χ2v) is 4.06. The lowest BCUT2D eigenvalue weighted by molar-refractivity contribution is -0.141. The number of carbonyl (C=O) groups is 1. The Morgan fingerprint density at radius 1 is 1.05 bits per heavy atom. The summed E-state index contributed by atoms with van der Waals surface area (Å²) >= 11 is 0. The smallest absolute Gasteiger partial charge is 0.347 e. The number of carbonyl (C=O) groups excluding carboxylic acids is 1. The monoisotopic (exact) mass is 256 g/mol. The van der Waals surface area contributed by atoms with E-state index >= 15 is 0 Å². The Kier molecular flexibility index (Phi) is 3.04. The van der Waals surface area contributed by atoms with Crippen molar-refractivity contribution in [3.63, 3.8) is 0 Å². The van der Waals surface area contributed by atoms with E-state index in [1.807, 2.05) is 54.6 Å². The van der Waals surface area contributed by atoms with E-state index in [9.17, 15) is 4.79 Å². The SMILES string of the molecule is O=C1CN(c2cccc(Oc3ccccc3)c2)NO1. The Hall–Kier alpha value is -2.53. The van der Waals surface area contributed by atoms with Crippen LogP contribution in [-0.4, -0.2) is 12.5 Å². The first-order valence-electron chi connectivity index (χ1n) is 5.87. The van der Waals surface area contributed by atoms with Crippen LogP contribution in [-0.2, 0) is 9.63 Å². The predicted molar refractivity (Wildman–Crippen MR) is 69.5 cm³/mol. The second kappa shape index (κ2) is 4.99. The van der Waals surface area contributed by atoms with E-state index < -0.39 is 0 Å². The standard InChI is InChI=1S/C14H12N2O3/c17-14-10-16(15-19-14)11-5-4-8-13(9-11)18-12-6-2-1-3-7-12/h1-9,15H,10H2. The molecule has 1 saturated heterocycles. The molecular weight excluding hydrogens is 244 g/mol. The minimum Gasteiger partial charge on any atom is -0.457 e. The van der Waals surface area contributed by atoms with Gasteiger partial charge in [-0.3, -0.25) is 5.01 Å². The Bertz CT molecular complexity index is 586. The summed E-state index contributed by atoms with van der Waals surface area (Å²) in [6, 6.07) is 16.9. The molecule has 1 aliphatic heterocycles. The molecule has 2 aromatic rings. The summed E-state index contributed by atoms with van der Waals surface area (Å²) in [5, 5.41) is 1.61. The highest BCUT2D eigenvalue weighted by molar-refractivity contribution is 5.77. The van der Waals surface area contributed by atoms with E-state index in [1.165, 1.54) is 0 Å². The molecule has 0 unspecified atom stereocenters. The zero-order valence-electron chi connectivity index (χ0n) is 10.1. The molecule has 2 aromatic carbocycles. The normalized spacial score (nSPS) is 14.3. The summed E-state index contributed by atoms with van der Waals surface area (Å²) in [4.78, 5) is 15.7. The lowest BCUT2D eigenvalue weighted by atomic mass is 10.3. The zero-order valence-corrected chi connectivity index (χ0v) is 10.1. The molecular formula is C14H12N2O3. The van der Waals surface area contributed by atoms with Gasteiger partial charge in [-0.2, -0.15) is 0 Å². The van der Waals surface area contributed by atoms with Crippen LogP contribution in [0.5, 0.6) is 11.5 Å². The maximum absolute atomic E-state index is 11.0. The van der Waals surface area contributed by atoms with Crippen LogP contribution in [0.2, 0.25) is 0 Å². The van der Waals surface area contributed by atoms with Gasteiger partial charge in [0.1, 0.15) is 18.0 Å². The van der Waals surface area contributed by atoms with Crippen molar-refractivity contribution in [1.29, 1.82) is 0 Å². The van der Waals surface area contributed by atoms with Crippen molar-refractivity contribution >= 4 is 11.7 Å². The van der Waals surface area contributed by atoms with E-state index in [0.29, 0.717) is 5.75 Å². The lowest BCUT2D eigenvalue weighted by Gasteiger charge is -2.15. The average molecular weight is 256 g/mol. The van der Waals surface area contributed by atoms with E-state index in [2.05, 4.69) is 10.4 Å². The topological polar surface area (TPSA) is 50.8 Å². The highest BCUT2D eigenvalue weighted by Gasteiger charge is 2.21. The Labute approximate surface area is 110 Å². The van der Waals surface area contributed by atoms with Crippen molar-refractivity contribution in [3.05, 3.63) is 54.6 Å². The third-order valence-corrected chi connectivity index (χ3v) is 2.67. The molecule has 5 heteroatoms. The number of nitrogens with zero attached hydrogens (tertiary/aromatic N) is 1. The van der Waals surface area contributed by atoms with Gasteiger partial charge in [-0.25, -0.2) is 4.79 Å². The number of ether oxygens (including phenoxy) is 1. The molecule has 1 N–H and O–H groups in total. The molecule has 0 spiro atoms. The third kappa shape index (κ3) is 2.66. The minimum atomic E-state index is -0.311. The van der Waals surface area contributed by atoms with Crippen LogP contribution in [0.25, 0.3) is 0 Å². The number of nitrogens with one attached hydrogen (secondary N) is 1. The van der Waals surface area contributed by atoms with Crippen molar-refractivity contribution < 1.29 is 14.4 Å². The zero-order chi connectivity index (χ0) is 13.1. The average Bonchev–Trinajstić information content (AvgIpc) is 2.87. The summed E-state index contributed by atoms with van der Waals surface area (Å²) in [5.41, 5.74) is 3.35. The number of benzene rings is 2. The van der Waals surface area contributed by atoms with Crippen LogP contribution in [0.4, 0.5) is 5.69 Å². The molecule has 1 heterocycles. The van der Waals surface area contributed by atoms with Gasteiger partial charge in [-0.05, 0) is 24.3 Å². The Morgan fingerprint density at radius 2 is 1.84 bits per heavy atom. The van der Waals surface area contributed by atoms with Crippen LogP contribution in [0.3, 0.4) is 0 Å². The molecule has 1 fully saturated rings. The molecule has 3 rings (SSSR count). The van der Waals surface area contributed by atoms with Crippen LogP contribution in [0, 0.1) is 0 Å². The van der Waals surface area contributed by atoms with Gasteiger partial charge < -0.3 is 9.57 Å². The van der Waals surface area contributed by atoms with Gasteiger partial charge in [0.05, 0.1) is 5.69 Å². The first-order valence-corrected chi connectivity index (χ1v) is 5.87. The summed E-state index contributed by atoms with van der Waals surface area (Å²) in [5.74, 6) is 1.15. The Balaban J connectivity index is 1.78. The maximum Gasteiger partial charge on any atom is 0.347 e. The van der Waals surface area contributed by atoms with Crippen LogP contribution in [0.15, 0.2) is 54.6 Å². The van der Waals surface area contributed by atoms with Gasteiger partial charge in [-0.1, -0.05) is 29.9 Å². The Morgan fingerprint density at radius 3 is 2.58 bits per heavy atom. The summed E-state index contributed by atoms with van der Waals surface area (Å²) in [7, 11) is 0. The van der Waals surface area contributed by atoms with Crippen LogP contribution < -0.4 is 15.3 Å². The van der Waals surface area contributed by atoms with Crippen molar-refractivity contribution in [2.45, 2.75) is 0 Å². The quantitative estimate of drug-likeness (QED) is 0.912. The van der Waals surface area contributed by atoms with Gasteiger partial charge in [0.15, 0.2) is 0 Å². The van der Waals surface area contributed by atoms with Crippen molar-refractivity contribution in [2.24, 2.45) is 0 Å². The highest BCUT2D eigenvalue weighted by Crippen LogP contribution is 2.25. The van der Waals surface area contributed by atoms with Crippen molar-refractivity contribution in [2.75, 3.05) is 11.6 Å². The minimum absolute atomic E-state index is 0.175. The number of hydrogen-bond donors (Lipinski definition) is 1. The van der Waals surface area contributed by atoms with E-state index in [0.717, 1.165) is 11.4 Å². The van der Waals surface area contributed by atoms with E-state index in [1.54, 1.807) is 5.01 Å². The molecule has 96 valence electrons. The fourth-order valence-corrected chi connectivity index (χ4v) is 1.78. The number of para-hydroxylation sites is 1. The fourth-order valence-electron chi connectivity index (χ4n) is 1.78. The first kappa shape index (κ1) is 11.6. The van der Waals surface area contributed by atoms with Gasteiger partial charge in [0.2, 0.25) is 0 Å². The summed E-state index contributed by atoms with van der Waals surface area (Å²) in [6.07, 6.45) is 0. The van der Waals surface area contributed by atoms with Gasteiger partial charge in [0, 0.05) is 6.07 Å². The second-order valence-electron chi connectivity index (χ2n) is 4.06. The largest absolute Gasteiger partial charge is 0.457 e. The fraction of sp³-hybridized carbons (Fsp3) is 0.0714. The number of rotatable bonds is 3. The van der Waals surface area contributed by atoms with Crippen molar-refractivity contribution in [3.8, 4) is 11.5 Å². The molecule has 0 amide bonds. The molecule has 19 heavy (non-hydrogen) atoms. The number of hydrazine groups is 1. The maximum atomic E-state index is 11.0. The van der Waals surface area contributed by atoms with E-state index in [-0.39, 0.29) is 12.5 Å². The summed E-state index contributed by atoms with van der Waals surface area (Å²) < 4.78 is 5.73. The molecule has 0 atom stereocenters. The number of hydrogen-bond acceptors (Lipinski definition) is 5. The molecule has 0 saturated carbocycles. The molecule has 1 aliphatic rings. The van der Waals surface area contributed by atoms with E-state index in [4.69, 9.17) is 4.74 Å². The summed E-state index contributed by atoms with van der Waals surface area (Å²) in [6.45, 7) is 0.175. The number of anilines is 1. The molecule has 5 nitrogen and oxygen atoms in total. The lowest BCUT2D eigenvalue weighted by Crippen LogP contribution is -2.29. The first-order chi connectivity index (χ1) is 9.31. The third-order valence-electron chi connectivity index (χ3n) is 2.67. The molecule has 0 bridgehead atoms. The van der Waals surface area contributed by atoms with Gasteiger partial charge >= 0.3 is 5.97 Å². The molecule has 0 aromatic heterocycles. The molecule has 0 aliphatic carbocycles. The van der Waals surface area contributed by atoms with Gasteiger partial charge in [0.25, 0.3) is 0 Å². The van der Waals surface area contributed by atoms with Gasteiger partial charge in [-0.15, -0.1) is 0 Å². The van der Waals surface area contributed by atoms with Crippen molar-refractivity contribution in [1.82, 2.24) is 5.59 Å². The van der Waals surface area contributed by atoms with Crippen LogP contribution in [0.1, 0.15) is 0 Å². The predicted octanol–water partition coefficient (Wildman–Crippen LogP) is 2.26. The highest BCUT2D eigenvalue weighted by atomic mass is 16.7. The molecule has 0 radical (unpaired) electrons.